The van der Waals surface area contributed by atoms with Crippen LogP contribution in [0.1, 0.15) is 30.4 Å². The number of nitrogens with zero attached hydrogens (tertiary/aromatic N) is 4. The topological polar surface area (TPSA) is 98.2 Å². The van der Waals surface area contributed by atoms with Gasteiger partial charge in [0.15, 0.2) is 0 Å². The van der Waals surface area contributed by atoms with E-state index in [9.17, 15) is 13.5 Å². The molecule has 1 aliphatic rings. The molecule has 194 valence electrons. The molecule has 0 saturated carbocycles. The highest BCUT2D eigenvalue weighted by Crippen LogP contribution is 2.28. The third kappa shape index (κ3) is 6.63. The first-order valence-electron chi connectivity index (χ1n) is 12.0. The molecule has 1 atom stereocenters. The number of ether oxygens (including phenoxy) is 1. The molecular formula is C25H39N5O4S. The van der Waals surface area contributed by atoms with Gasteiger partial charge in [0.05, 0.1) is 23.9 Å². The second-order valence-corrected chi connectivity index (χ2v) is 11.4. The summed E-state index contributed by atoms with van der Waals surface area (Å²) in [6.45, 7) is 5.65. The third-order valence-corrected chi connectivity index (χ3v) is 8.84. The number of methoxy groups -OCH3 is 1. The lowest BCUT2D eigenvalue weighted by molar-refractivity contribution is 0.185. The number of nitrogens with one attached hydrogen (secondary N) is 1. The molecule has 1 aromatic carbocycles. The molecule has 1 aliphatic heterocycles. The third-order valence-electron chi connectivity index (χ3n) is 6.68. The van der Waals surface area contributed by atoms with Gasteiger partial charge in [0.2, 0.25) is 10.0 Å². The van der Waals surface area contributed by atoms with E-state index in [1.807, 2.05) is 18.3 Å². The lowest BCUT2D eigenvalue weighted by Crippen LogP contribution is -2.42. The quantitative estimate of drug-likeness (QED) is 0.476. The van der Waals surface area contributed by atoms with Gasteiger partial charge in [-0.05, 0) is 76.2 Å². The van der Waals surface area contributed by atoms with Crippen molar-refractivity contribution in [2.45, 2.75) is 50.3 Å². The molecule has 0 amide bonds. The normalized spacial score (nSPS) is 16.1. The van der Waals surface area contributed by atoms with Gasteiger partial charge in [-0.1, -0.05) is 0 Å². The highest BCUT2D eigenvalue weighted by atomic mass is 32.2. The maximum Gasteiger partial charge on any atom is 0.243 e. The number of hydrogen-bond donors (Lipinski definition) is 2. The van der Waals surface area contributed by atoms with E-state index in [1.165, 1.54) is 11.4 Å². The number of aliphatic hydroxyl groups excluding tert-OH is 1. The number of aliphatic hydroxyl groups is 1. The predicted octanol–water partition coefficient (Wildman–Crippen LogP) is 2.68. The summed E-state index contributed by atoms with van der Waals surface area (Å²) in [4.78, 5) is 9.33. The summed E-state index contributed by atoms with van der Waals surface area (Å²) in [7, 11) is 3.63. The molecule has 2 heterocycles. The number of anilines is 2. The van der Waals surface area contributed by atoms with E-state index in [4.69, 9.17) is 4.74 Å². The Morgan fingerprint density at radius 3 is 2.31 bits per heavy atom. The number of hydrogen-bond acceptors (Lipinski definition) is 8. The lowest BCUT2D eigenvalue weighted by Gasteiger charge is -2.36. The number of sulfonamides is 1. The summed E-state index contributed by atoms with van der Waals surface area (Å²) in [6, 6.07) is 7.90. The SMILES string of the molecule is COc1cc(C)c(S(=O)(=O)N(C)CCC(O)Nc2ccc(N3CCC(N(C)C)CC3)cn2)c(C)c1. The molecule has 1 saturated heterocycles. The minimum Gasteiger partial charge on any atom is -0.497 e. The van der Waals surface area contributed by atoms with Crippen LogP contribution in [-0.2, 0) is 10.0 Å². The predicted molar refractivity (Wildman–Crippen MR) is 140 cm³/mol. The van der Waals surface area contributed by atoms with E-state index in [-0.39, 0.29) is 17.9 Å². The molecule has 1 aromatic heterocycles. The molecule has 3 rings (SSSR count). The number of rotatable bonds is 10. The first-order chi connectivity index (χ1) is 16.5. The van der Waals surface area contributed by atoms with Crippen molar-refractivity contribution in [3.05, 3.63) is 41.6 Å². The molecule has 2 aromatic rings. The summed E-state index contributed by atoms with van der Waals surface area (Å²) >= 11 is 0. The van der Waals surface area contributed by atoms with Crippen molar-refractivity contribution < 1.29 is 18.3 Å². The zero-order chi connectivity index (χ0) is 25.8. The van der Waals surface area contributed by atoms with Crippen LogP contribution in [0.4, 0.5) is 11.5 Å². The molecule has 2 N–H and O–H groups in total. The van der Waals surface area contributed by atoms with Crippen molar-refractivity contribution in [3.8, 4) is 5.75 Å². The van der Waals surface area contributed by atoms with Gasteiger partial charge in [0.25, 0.3) is 0 Å². The van der Waals surface area contributed by atoms with Crippen LogP contribution >= 0.6 is 0 Å². The first-order valence-corrected chi connectivity index (χ1v) is 13.4. The second-order valence-electron chi connectivity index (χ2n) is 9.45. The van der Waals surface area contributed by atoms with Crippen LogP contribution in [0.2, 0.25) is 0 Å². The maximum absolute atomic E-state index is 13.2. The number of aryl methyl sites for hydroxylation is 2. The lowest BCUT2D eigenvalue weighted by atomic mass is 10.0. The van der Waals surface area contributed by atoms with Gasteiger partial charge in [-0.3, -0.25) is 0 Å². The Balaban J connectivity index is 1.54. The van der Waals surface area contributed by atoms with Crippen molar-refractivity contribution in [2.75, 3.05) is 58.1 Å². The summed E-state index contributed by atoms with van der Waals surface area (Å²) in [6.07, 6.45) is 3.34. The zero-order valence-corrected chi connectivity index (χ0v) is 22.5. The van der Waals surface area contributed by atoms with Gasteiger partial charge in [-0.25, -0.2) is 17.7 Å². The minimum atomic E-state index is -3.71. The average molecular weight is 506 g/mol. The van der Waals surface area contributed by atoms with Crippen molar-refractivity contribution in [1.29, 1.82) is 0 Å². The van der Waals surface area contributed by atoms with Gasteiger partial charge >= 0.3 is 0 Å². The van der Waals surface area contributed by atoms with Crippen LogP contribution in [0.5, 0.6) is 5.75 Å². The van der Waals surface area contributed by atoms with E-state index >= 15 is 0 Å². The van der Waals surface area contributed by atoms with E-state index in [0.717, 1.165) is 31.6 Å². The van der Waals surface area contributed by atoms with Crippen molar-refractivity contribution in [2.24, 2.45) is 0 Å². The van der Waals surface area contributed by atoms with Gasteiger partial charge < -0.3 is 25.0 Å². The fourth-order valence-corrected chi connectivity index (χ4v) is 6.15. The summed E-state index contributed by atoms with van der Waals surface area (Å²) in [5.41, 5.74) is 2.32. The fraction of sp³-hybridized carbons (Fsp3) is 0.560. The molecule has 9 nitrogen and oxygen atoms in total. The highest BCUT2D eigenvalue weighted by Gasteiger charge is 2.26. The Morgan fingerprint density at radius 1 is 1.17 bits per heavy atom. The van der Waals surface area contributed by atoms with E-state index in [1.54, 1.807) is 33.1 Å². The number of piperidine rings is 1. The van der Waals surface area contributed by atoms with Gasteiger partial charge in [-0.2, -0.15) is 0 Å². The summed E-state index contributed by atoms with van der Waals surface area (Å²) in [5.74, 6) is 1.18. The molecule has 0 spiro atoms. The van der Waals surface area contributed by atoms with Gasteiger partial charge in [0.1, 0.15) is 17.8 Å². The maximum atomic E-state index is 13.2. The molecule has 1 unspecified atom stereocenters. The molecule has 0 radical (unpaired) electrons. The van der Waals surface area contributed by atoms with Crippen LogP contribution in [0, 0.1) is 13.8 Å². The second kappa shape index (κ2) is 11.6. The smallest absolute Gasteiger partial charge is 0.243 e. The van der Waals surface area contributed by atoms with Crippen molar-refractivity contribution >= 4 is 21.5 Å². The zero-order valence-electron chi connectivity index (χ0n) is 21.7. The molecular weight excluding hydrogens is 466 g/mol. The first kappa shape index (κ1) is 27.2. The van der Waals surface area contributed by atoms with Crippen LogP contribution in [0.25, 0.3) is 0 Å². The largest absolute Gasteiger partial charge is 0.497 e. The van der Waals surface area contributed by atoms with Gasteiger partial charge in [0, 0.05) is 39.1 Å². The van der Waals surface area contributed by atoms with Crippen molar-refractivity contribution in [3.63, 3.8) is 0 Å². The Morgan fingerprint density at radius 2 is 1.80 bits per heavy atom. The van der Waals surface area contributed by atoms with Crippen molar-refractivity contribution in [1.82, 2.24) is 14.2 Å². The minimum absolute atomic E-state index is 0.153. The Kier molecular flexibility index (Phi) is 8.98. The molecule has 0 bridgehead atoms. The van der Waals surface area contributed by atoms with Gasteiger partial charge in [-0.15, -0.1) is 0 Å². The molecule has 10 heteroatoms. The van der Waals surface area contributed by atoms with Crippen LogP contribution in [0.3, 0.4) is 0 Å². The van der Waals surface area contributed by atoms with E-state index in [0.29, 0.717) is 28.7 Å². The number of benzene rings is 1. The molecule has 0 aliphatic carbocycles. The van der Waals surface area contributed by atoms with E-state index in [2.05, 4.69) is 34.2 Å². The monoisotopic (exact) mass is 505 g/mol. The highest BCUT2D eigenvalue weighted by molar-refractivity contribution is 7.89. The number of pyridine rings is 1. The van der Waals surface area contributed by atoms with Crippen LogP contribution in [-0.4, -0.2) is 87.9 Å². The van der Waals surface area contributed by atoms with Crippen LogP contribution in [0.15, 0.2) is 35.4 Å². The molecule has 35 heavy (non-hydrogen) atoms. The Bertz CT molecular complexity index is 1060. The Labute approximate surface area is 209 Å². The molecule has 1 fully saturated rings. The van der Waals surface area contributed by atoms with Crippen LogP contribution < -0.4 is 15.0 Å². The standard InChI is InChI=1S/C25H39N5O4S/c1-18-15-22(34-6)16-19(2)25(18)35(32,33)29(5)12-11-24(31)27-23-8-7-21(17-26-23)30-13-9-20(10-14-30)28(3)4/h7-8,15-17,20,24,31H,9-14H2,1-6H3,(H,26,27). The fourth-order valence-electron chi connectivity index (χ4n) is 4.56. The summed E-state index contributed by atoms with van der Waals surface area (Å²) < 4.78 is 32.8. The average Bonchev–Trinajstić information content (AvgIpc) is 2.82. The Hall–Kier alpha value is -2.40. The number of aromatic nitrogens is 1. The van der Waals surface area contributed by atoms with E-state index < -0.39 is 16.3 Å². The summed E-state index contributed by atoms with van der Waals surface area (Å²) in [5, 5.41) is 13.4.